The Morgan fingerprint density at radius 3 is 2.47 bits per heavy atom. The third-order valence-electron chi connectivity index (χ3n) is 2.25. The molecule has 0 saturated carbocycles. The van der Waals surface area contributed by atoms with Crippen LogP contribution < -0.4 is 0 Å². The molecule has 0 N–H and O–H groups in total. The van der Waals surface area contributed by atoms with Crippen molar-refractivity contribution in [1.29, 1.82) is 5.26 Å². The number of nitriles is 1. The fraction of sp³-hybridized carbons (Fsp3) is 0.500. The molecule has 80 valence electrons. The van der Waals surface area contributed by atoms with Crippen molar-refractivity contribution in [3.05, 3.63) is 24.5 Å². The molecule has 0 aliphatic heterocycles. The maximum Gasteiger partial charge on any atom is 0.231 e. The van der Waals surface area contributed by atoms with Gasteiger partial charge in [0, 0.05) is 18.8 Å². The van der Waals surface area contributed by atoms with Gasteiger partial charge < -0.3 is 0 Å². The predicted octanol–water partition coefficient (Wildman–Crippen LogP) is 2.70. The molecule has 0 amide bonds. The minimum Gasteiger partial charge on any atom is -0.295 e. The van der Waals surface area contributed by atoms with Crippen molar-refractivity contribution in [2.45, 2.75) is 26.7 Å². The topological polar surface area (TPSA) is 45.8 Å². The lowest BCUT2D eigenvalue weighted by Crippen LogP contribution is -2.14. The molecule has 1 aromatic heterocycles. The monoisotopic (exact) mass is 204 g/mol. The zero-order chi connectivity index (χ0) is 11.3. The average Bonchev–Trinajstić information content (AvgIpc) is 2.68. The van der Waals surface area contributed by atoms with E-state index in [4.69, 9.17) is 5.26 Å². The third kappa shape index (κ3) is 3.59. The molecule has 1 aromatic rings. The SMILES string of the molecule is CC(C)C[C@@H](C#N)CC(=O)n1cccc1. The Morgan fingerprint density at radius 2 is 2.00 bits per heavy atom. The lowest BCUT2D eigenvalue weighted by atomic mass is 9.95. The van der Waals surface area contributed by atoms with Crippen LogP contribution in [0, 0.1) is 23.2 Å². The second-order valence-corrected chi connectivity index (χ2v) is 4.14. The van der Waals surface area contributed by atoms with Crippen LogP contribution in [0.4, 0.5) is 0 Å². The summed E-state index contributed by atoms with van der Waals surface area (Å²) in [6, 6.07) is 5.81. The number of nitrogens with zero attached hydrogens (tertiary/aromatic N) is 2. The lowest BCUT2D eigenvalue weighted by Gasteiger charge is -2.10. The van der Waals surface area contributed by atoms with Gasteiger partial charge in [0.1, 0.15) is 0 Å². The molecule has 0 aliphatic carbocycles. The van der Waals surface area contributed by atoms with Gasteiger partial charge in [-0.1, -0.05) is 13.8 Å². The first-order chi connectivity index (χ1) is 7.13. The highest BCUT2D eigenvalue weighted by Crippen LogP contribution is 2.15. The number of hydrogen-bond acceptors (Lipinski definition) is 2. The second kappa shape index (κ2) is 5.35. The van der Waals surface area contributed by atoms with Crippen molar-refractivity contribution >= 4 is 5.91 Å². The van der Waals surface area contributed by atoms with E-state index in [1.165, 1.54) is 4.57 Å². The van der Waals surface area contributed by atoms with E-state index in [1.54, 1.807) is 12.4 Å². The van der Waals surface area contributed by atoms with Crippen LogP contribution in [0.5, 0.6) is 0 Å². The van der Waals surface area contributed by atoms with E-state index in [0.717, 1.165) is 6.42 Å². The lowest BCUT2D eigenvalue weighted by molar-refractivity contribution is 0.0886. The highest BCUT2D eigenvalue weighted by Gasteiger charge is 2.15. The van der Waals surface area contributed by atoms with E-state index in [1.807, 2.05) is 12.1 Å². The fourth-order valence-electron chi connectivity index (χ4n) is 1.57. The first-order valence-electron chi connectivity index (χ1n) is 5.19. The van der Waals surface area contributed by atoms with Crippen LogP contribution in [-0.4, -0.2) is 10.5 Å². The molecule has 0 aromatic carbocycles. The average molecular weight is 204 g/mol. The van der Waals surface area contributed by atoms with Gasteiger partial charge >= 0.3 is 0 Å². The molecular formula is C12H16N2O. The van der Waals surface area contributed by atoms with E-state index < -0.39 is 0 Å². The van der Waals surface area contributed by atoms with Gasteiger partial charge in [-0.2, -0.15) is 5.26 Å². The van der Waals surface area contributed by atoms with Crippen LogP contribution in [0.15, 0.2) is 24.5 Å². The first kappa shape index (κ1) is 11.5. The minimum absolute atomic E-state index is 0.00722. The van der Waals surface area contributed by atoms with Crippen LogP contribution in [0.3, 0.4) is 0 Å². The van der Waals surface area contributed by atoms with Gasteiger partial charge in [-0.3, -0.25) is 9.36 Å². The molecule has 3 heteroatoms. The van der Waals surface area contributed by atoms with E-state index in [9.17, 15) is 4.79 Å². The molecule has 0 radical (unpaired) electrons. The molecule has 3 nitrogen and oxygen atoms in total. The Morgan fingerprint density at radius 1 is 1.40 bits per heavy atom. The summed E-state index contributed by atoms with van der Waals surface area (Å²) in [7, 11) is 0. The molecule has 1 rings (SSSR count). The molecule has 0 aliphatic rings. The number of carbonyl (C=O) groups is 1. The standard InChI is InChI=1S/C12H16N2O/c1-10(2)7-11(9-13)8-12(15)14-5-3-4-6-14/h3-6,10-11H,7-8H2,1-2H3/t11-/m1/s1. The molecule has 0 spiro atoms. The van der Waals surface area contributed by atoms with Crippen molar-refractivity contribution < 1.29 is 4.79 Å². The van der Waals surface area contributed by atoms with E-state index in [0.29, 0.717) is 12.3 Å². The molecule has 0 fully saturated rings. The van der Waals surface area contributed by atoms with Crippen LogP contribution in [0.1, 0.15) is 31.5 Å². The van der Waals surface area contributed by atoms with Crippen molar-refractivity contribution in [3.8, 4) is 6.07 Å². The summed E-state index contributed by atoms with van der Waals surface area (Å²) in [5.74, 6) is 0.277. The Kier molecular flexibility index (Phi) is 4.11. The zero-order valence-corrected chi connectivity index (χ0v) is 9.18. The molecule has 1 atom stereocenters. The smallest absolute Gasteiger partial charge is 0.231 e. The van der Waals surface area contributed by atoms with Gasteiger partial charge in [0.2, 0.25) is 5.91 Å². The maximum absolute atomic E-state index is 11.7. The van der Waals surface area contributed by atoms with E-state index >= 15 is 0 Å². The minimum atomic E-state index is -0.167. The number of hydrogen-bond donors (Lipinski definition) is 0. The fourth-order valence-corrected chi connectivity index (χ4v) is 1.57. The molecular weight excluding hydrogens is 188 g/mol. The maximum atomic E-state index is 11.7. The van der Waals surface area contributed by atoms with Crippen LogP contribution in [0.25, 0.3) is 0 Å². The van der Waals surface area contributed by atoms with Gasteiger partial charge in [0.05, 0.1) is 12.0 Å². The molecule has 0 unspecified atom stereocenters. The summed E-state index contributed by atoms with van der Waals surface area (Å²) in [5.41, 5.74) is 0. The normalized spacial score (nSPS) is 12.4. The summed E-state index contributed by atoms with van der Waals surface area (Å²) in [5, 5.41) is 8.91. The summed E-state index contributed by atoms with van der Waals surface area (Å²) < 4.78 is 1.53. The zero-order valence-electron chi connectivity index (χ0n) is 9.18. The van der Waals surface area contributed by atoms with Crippen molar-refractivity contribution in [2.75, 3.05) is 0 Å². The van der Waals surface area contributed by atoms with Crippen molar-refractivity contribution in [2.24, 2.45) is 11.8 Å². The molecule has 1 heterocycles. The van der Waals surface area contributed by atoms with Gasteiger partial charge in [0.15, 0.2) is 0 Å². The third-order valence-corrected chi connectivity index (χ3v) is 2.25. The summed E-state index contributed by atoms with van der Waals surface area (Å²) in [6.45, 7) is 4.12. The van der Waals surface area contributed by atoms with Crippen LogP contribution in [-0.2, 0) is 0 Å². The Hall–Kier alpha value is -1.56. The van der Waals surface area contributed by atoms with Gasteiger partial charge in [0.25, 0.3) is 0 Å². The van der Waals surface area contributed by atoms with E-state index in [2.05, 4.69) is 19.9 Å². The largest absolute Gasteiger partial charge is 0.295 e. The Bertz CT molecular complexity index is 346. The van der Waals surface area contributed by atoms with Gasteiger partial charge in [-0.25, -0.2) is 0 Å². The molecule has 0 bridgehead atoms. The van der Waals surface area contributed by atoms with Crippen molar-refractivity contribution in [3.63, 3.8) is 0 Å². The molecule has 0 saturated heterocycles. The molecule has 15 heavy (non-hydrogen) atoms. The Balaban J connectivity index is 2.53. The number of aromatic nitrogens is 1. The van der Waals surface area contributed by atoms with Gasteiger partial charge in [-0.05, 0) is 24.5 Å². The first-order valence-corrected chi connectivity index (χ1v) is 5.19. The van der Waals surface area contributed by atoms with Gasteiger partial charge in [-0.15, -0.1) is 0 Å². The van der Waals surface area contributed by atoms with Crippen LogP contribution in [0.2, 0.25) is 0 Å². The second-order valence-electron chi connectivity index (χ2n) is 4.14. The Labute approximate surface area is 90.3 Å². The number of carbonyl (C=O) groups excluding carboxylic acids is 1. The van der Waals surface area contributed by atoms with E-state index in [-0.39, 0.29) is 11.8 Å². The summed E-state index contributed by atoms with van der Waals surface area (Å²) in [4.78, 5) is 11.7. The van der Waals surface area contributed by atoms with Crippen LogP contribution >= 0.6 is 0 Å². The highest BCUT2D eigenvalue weighted by molar-refractivity contribution is 5.79. The predicted molar refractivity (Wildman–Crippen MR) is 58.2 cm³/mol. The summed E-state index contributed by atoms with van der Waals surface area (Å²) in [6.07, 6.45) is 4.52. The highest BCUT2D eigenvalue weighted by atomic mass is 16.1. The number of rotatable bonds is 4. The van der Waals surface area contributed by atoms with Crippen molar-refractivity contribution in [1.82, 2.24) is 4.57 Å². The summed E-state index contributed by atoms with van der Waals surface area (Å²) >= 11 is 0. The quantitative estimate of drug-likeness (QED) is 0.757.